The number of ether oxygens (including phenoxy) is 2. The summed E-state index contributed by atoms with van der Waals surface area (Å²) in [6.07, 6.45) is 2.38. The summed E-state index contributed by atoms with van der Waals surface area (Å²) in [7, 11) is 1.31. The first-order valence-corrected chi connectivity index (χ1v) is 10.8. The largest absolute Gasteiger partial charge is 0.467 e. The molecule has 1 heterocycles. The lowest BCUT2D eigenvalue weighted by Gasteiger charge is -2.24. The molecule has 1 saturated carbocycles. The maximum Gasteiger partial charge on any atom is 0.328 e. The highest BCUT2D eigenvalue weighted by molar-refractivity contribution is 5.96. The molecule has 32 heavy (non-hydrogen) atoms. The molecule has 2 aromatic rings. The number of hydrogen-bond acceptors (Lipinski definition) is 5. The molecule has 0 aromatic heterocycles. The maximum atomic E-state index is 12.8. The van der Waals surface area contributed by atoms with Gasteiger partial charge in [-0.3, -0.25) is 9.59 Å². The van der Waals surface area contributed by atoms with Crippen molar-refractivity contribution in [3.05, 3.63) is 83.4 Å². The average Bonchev–Trinajstić information content (AvgIpc) is 3.27. The van der Waals surface area contributed by atoms with E-state index >= 15 is 0 Å². The van der Waals surface area contributed by atoms with Crippen LogP contribution in [-0.4, -0.2) is 37.6 Å². The molecule has 1 aliphatic carbocycles. The average molecular weight is 434 g/mol. The highest BCUT2D eigenvalue weighted by atomic mass is 16.5. The normalized spacial score (nSPS) is 22.7. The van der Waals surface area contributed by atoms with Gasteiger partial charge in [0.2, 0.25) is 0 Å². The Balaban J connectivity index is 1.45. The highest BCUT2D eigenvalue weighted by Crippen LogP contribution is 2.52. The van der Waals surface area contributed by atoms with Gasteiger partial charge in [-0.25, -0.2) is 4.79 Å². The second-order valence-corrected chi connectivity index (χ2v) is 8.70. The molecule has 4 rings (SSSR count). The third-order valence-electron chi connectivity index (χ3n) is 6.51. The lowest BCUT2D eigenvalue weighted by atomic mass is 9.75. The van der Waals surface area contributed by atoms with Crippen molar-refractivity contribution in [3.63, 3.8) is 0 Å². The molecule has 6 heteroatoms. The summed E-state index contributed by atoms with van der Waals surface area (Å²) in [6, 6.07) is 15.8. The van der Waals surface area contributed by atoms with E-state index in [0.29, 0.717) is 31.4 Å². The predicted molar refractivity (Wildman–Crippen MR) is 119 cm³/mol. The van der Waals surface area contributed by atoms with E-state index in [1.54, 1.807) is 12.1 Å². The first-order valence-electron chi connectivity index (χ1n) is 10.8. The van der Waals surface area contributed by atoms with Gasteiger partial charge in [0.1, 0.15) is 6.04 Å². The molecular formula is C26H27NO5. The zero-order valence-corrected chi connectivity index (χ0v) is 18.1. The number of amides is 1. The molecule has 0 bridgehead atoms. The van der Waals surface area contributed by atoms with Gasteiger partial charge in [0.25, 0.3) is 5.91 Å². The molecule has 1 saturated heterocycles. The van der Waals surface area contributed by atoms with Gasteiger partial charge in [0, 0.05) is 17.9 Å². The summed E-state index contributed by atoms with van der Waals surface area (Å²) in [5.74, 6) is -0.826. The number of carbonyl (C=O) groups is 3. The highest BCUT2D eigenvalue weighted by Gasteiger charge is 2.55. The van der Waals surface area contributed by atoms with Crippen LogP contribution in [0.1, 0.15) is 34.3 Å². The molecule has 2 aromatic carbocycles. The third kappa shape index (κ3) is 4.31. The maximum absolute atomic E-state index is 12.8. The van der Waals surface area contributed by atoms with Crippen LogP contribution in [0.5, 0.6) is 0 Å². The minimum atomic E-state index is -0.785. The fourth-order valence-electron chi connectivity index (χ4n) is 4.83. The van der Waals surface area contributed by atoms with Crippen molar-refractivity contribution in [2.75, 3.05) is 13.7 Å². The van der Waals surface area contributed by atoms with Crippen molar-refractivity contribution >= 4 is 17.8 Å². The molecule has 0 radical (unpaired) electrons. The Morgan fingerprint density at radius 1 is 1.16 bits per heavy atom. The zero-order chi connectivity index (χ0) is 22.7. The molecule has 1 N–H and O–H groups in total. The van der Waals surface area contributed by atoms with Crippen molar-refractivity contribution < 1.29 is 23.9 Å². The number of fused-ring (bicyclic) bond motifs is 1. The molecular weight excluding hydrogens is 406 g/mol. The van der Waals surface area contributed by atoms with Gasteiger partial charge in [0.15, 0.2) is 0 Å². The Bertz CT molecular complexity index is 1030. The minimum absolute atomic E-state index is 0.148. The van der Waals surface area contributed by atoms with Crippen LogP contribution in [0.3, 0.4) is 0 Å². The smallest absolute Gasteiger partial charge is 0.328 e. The van der Waals surface area contributed by atoms with Gasteiger partial charge < -0.3 is 14.8 Å². The van der Waals surface area contributed by atoms with Crippen LogP contribution >= 0.6 is 0 Å². The lowest BCUT2D eigenvalue weighted by Crippen LogP contribution is -2.43. The van der Waals surface area contributed by atoms with Gasteiger partial charge >= 0.3 is 11.9 Å². The van der Waals surface area contributed by atoms with Gasteiger partial charge in [-0.15, -0.1) is 0 Å². The molecule has 2 fully saturated rings. The number of hydrogen-bond donors (Lipinski definition) is 1. The van der Waals surface area contributed by atoms with E-state index in [2.05, 4.69) is 11.9 Å². The molecule has 3 unspecified atom stereocenters. The molecule has 1 aliphatic heterocycles. The molecule has 0 spiro atoms. The van der Waals surface area contributed by atoms with Crippen LogP contribution < -0.4 is 5.32 Å². The summed E-state index contributed by atoms with van der Waals surface area (Å²) in [5, 5.41) is 2.77. The van der Waals surface area contributed by atoms with Crippen molar-refractivity contribution in [1.82, 2.24) is 5.32 Å². The number of rotatable bonds is 7. The number of benzene rings is 2. The van der Waals surface area contributed by atoms with Gasteiger partial charge in [0.05, 0.1) is 19.1 Å². The minimum Gasteiger partial charge on any atom is -0.467 e. The number of carbonyl (C=O) groups excluding carboxylic acids is 3. The fourth-order valence-corrected chi connectivity index (χ4v) is 4.83. The van der Waals surface area contributed by atoms with Crippen LogP contribution in [0.2, 0.25) is 0 Å². The molecule has 3 atom stereocenters. The third-order valence-corrected chi connectivity index (χ3v) is 6.51. The summed E-state index contributed by atoms with van der Waals surface area (Å²) in [4.78, 5) is 37.5. The number of cyclic esters (lactones) is 1. The monoisotopic (exact) mass is 433 g/mol. The Morgan fingerprint density at radius 2 is 1.88 bits per heavy atom. The van der Waals surface area contributed by atoms with Crippen LogP contribution in [0.4, 0.5) is 0 Å². The summed E-state index contributed by atoms with van der Waals surface area (Å²) >= 11 is 0. The summed E-state index contributed by atoms with van der Waals surface area (Å²) in [6.45, 7) is 4.53. The van der Waals surface area contributed by atoms with Gasteiger partial charge in [-0.2, -0.15) is 0 Å². The Kier molecular flexibility index (Phi) is 6.12. The van der Waals surface area contributed by atoms with Crippen LogP contribution in [0, 0.1) is 11.3 Å². The first-order chi connectivity index (χ1) is 15.4. The van der Waals surface area contributed by atoms with Crippen LogP contribution in [0.25, 0.3) is 0 Å². The molecule has 166 valence electrons. The second kappa shape index (κ2) is 8.99. The molecule has 6 nitrogen and oxygen atoms in total. The van der Waals surface area contributed by atoms with Crippen molar-refractivity contribution in [2.45, 2.75) is 31.7 Å². The number of methoxy groups -OCH3 is 1. The van der Waals surface area contributed by atoms with Gasteiger partial charge in [-0.05, 0) is 42.5 Å². The molecule has 2 aliphatic rings. The Hall–Kier alpha value is -3.41. The van der Waals surface area contributed by atoms with Gasteiger partial charge in [-0.1, -0.05) is 54.6 Å². The quantitative estimate of drug-likeness (QED) is 0.536. The van der Waals surface area contributed by atoms with E-state index in [1.165, 1.54) is 7.11 Å². The Labute approximate surface area is 187 Å². The van der Waals surface area contributed by atoms with E-state index in [1.807, 2.05) is 42.5 Å². The van der Waals surface area contributed by atoms with Crippen molar-refractivity contribution in [1.29, 1.82) is 0 Å². The van der Waals surface area contributed by atoms with E-state index in [-0.39, 0.29) is 17.8 Å². The predicted octanol–water partition coefficient (Wildman–Crippen LogP) is 3.25. The lowest BCUT2D eigenvalue weighted by molar-refractivity contribution is -0.146. The fraction of sp³-hybridized carbons (Fsp3) is 0.346. The van der Waals surface area contributed by atoms with Crippen LogP contribution in [-0.2, 0) is 31.9 Å². The van der Waals surface area contributed by atoms with Crippen molar-refractivity contribution in [2.24, 2.45) is 11.3 Å². The number of allylic oxidation sites excluding steroid dienone is 1. The second-order valence-electron chi connectivity index (χ2n) is 8.70. The Morgan fingerprint density at radius 3 is 2.56 bits per heavy atom. The standard InChI is InChI=1S/C26H27NO5/c1-17-12-21-16-32-25(30)26(21,14-17)15-19-8-10-20(11-9-19)23(28)27-22(24(29)31-2)13-18-6-4-3-5-7-18/h3-11,21-22H,1,12-16H2,2H3,(H,27,28). The summed E-state index contributed by atoms with van der Waals surface area (Å²) in [5.41, 5.74) is 2.89. The molecule has 1 amide bonds. The topological polar surface area (TPSA) is 81.7 Å². The van der Waals surface area contributed by atoms with E-state index in [0.717, 1.165) is 23.1 Å². The van der Waals surface area contributed by atoms with Crippen molar-refractivity contribution in [3.8, 4) is 0 Å². The summed E-state index contributed by atoms with van der Waals surface area (Å²) < 4.78 is 10.2. The zero-order valence-electron chi connectivity index (χ0n) is 18.1. The van der Waals surface area contributed by atoms with E-state index in [9.17, 15) is 14.4 Å². The van der Waals surface area contributed by atoms with E-state index in [4.69, 9.17) is 9.47 Å². The SMILES string of the molecule is C=C1CC2COC(=O)C2(Cc2ccc(C(=O)NC(Cc3ccccc3)C(=O)OC)cc2)C1. The van der Waals surface area contributed by atoms with E-state index < -0.39 is 17.4 Å². The first kappa shape index (κ1) is 21.8. The van der Waals surface area contributed by atoms with Crippen LogP contribution in [0.15, 0.2) is 66.7 Å². The number of nitrogens with one attached hydrogen (secondary N) is 1. The number of esters is 2.